The molecule has 0 aliphatic rings. The molecule has 44 heavy (non-hydrogen) atoms. The summed E-state index contributed by atoms with van der Waals surface area (Å²) in [5.74, 6) is 1.92. The summed E-state index contributed by atoms with van der Waals surface area (Å²) in [6.45, 7) is 5.02. The summed E-state index contributed by atoms with van der Waals surface area (Å²) in [6.07, 6.45) is 3.67. The van der Waals surface area contributed by atoms with E-state index >= 15 is 0 Å². The zero-order chi connectivity index (χ0) is 30.9. The molecule has 0 unspecified atom stereocenters. The highest BCUT2D eigenvalue weighted by Crippen LogP contribution is 2.35. The van der Waals surface area contributed by atoms with Gasteiger partial charge in [-0.1, -0.05) is 43.0 Å². The third kappa shape index (κ3) is 7.40. The number of fused-ring (bicyclic) bond motifs is 1. The van der Waals surface area contributed by atoms with Crippen molar-refractivity contribution in [2.45, 2.75) is 25.3 Å². The highest BCUT2D eigenvalue weighted by molar-refractivity contribution is 5.98. The Bertz CT molecular complexity index is 1760. The monoisotopic (exact) mass is 588 g/mol. The maximum atomic E-state index is 13.1. The molecule has 5 rings (SSSR count). The minimum Gasteiger partial charge on any atom is -0.457 e. The number of amides is 1. The first-order chi connectivity index (χ1) is 21.4. The number of hydrogen-bond donors (Lipinski definition) is 4. The van der Waals surface area contributed by atoms with Gasteiger partial charge in [-0.05, 0) is 67.4 Å². The largest absolute Gasteiger partial charge is 0.457 e. The molecule has 0 spiro atoms. The molecule has 2 aromatic heterocycles. The van der Waals surface area contributed by atoms with Gasteiger partial charge in [0.15, 0.2) is 5.96 Å². The van der Waals surface area contributed by atoms with Crippen LogP contribution >= 0.6 is 0 Å². The van der Waals surface area contributed by atoms with Crippen LogP contribution in [-0.2, 0) is 6.42 Å². The molecule has 0 saturated carbocycles. The number of benzene rings is 3. The van der Waals surface area contributed by atoms with E-state index in [1.54, 1.807) is 18.3 Å². The lowest BCUT2D eigenvalue weighted by atomic mass is 10.1. The van der Waals surface area contributed by atoms with Crippen LogP contribution < -0.4 is 27.3 Å². The van der Waals surface area contributed by atoms with Crippen LogP contribution in [0.25, 0.3) is 22.4 Å². The molecule has 7 N–H and O–H groups in total. The Morgan fingerprint density at radius 3 is 2.50 bits per heavy atom. The molecule has 224 valence electrons. The van der Waals surface area contributed by atoms with Gasteiger partial charge < -0.3 is 31.8 Å². The van der Waals surface area contributed by atoms with Gasteiger partial charge in [0.2, 0.25) is 0 Å². The van der Waals surface area contributed by atoms with Crippen molar-refractivity contribution >= 4 is 22.9 Å². The highest BCUT2D eigenvalue weighted by atomic mass is 16.5. The Morgan fingerprint density at radius 1 is 0.955 bits per heavy atom. The molecule has 0 aliphatic heterocycles. The fourth-order valence-electron chi connectivity index (χ4n) is 5.01. The number of carbonyl (C=O) groups is 1. The SMILES string of the molecule is C=C(N)[C@@H](CCCN=C(N)N)n1c(-c2cccc(Oc3ccccc3)c2)nc2cc(C(=O)NCCc3ccccn3)ccc21. The van der Waals surface area contributed by atoms with E-state index in [1.807, 2.05) is 78.9 Å². The van der Waals surface area contributed by atoms with Gasteiger partial charge in [0, 0.05) is 48.2 Å². The average molecular weight is 589 g/mol. The molecule has 0 saturated heterocycles. The first-order valence-electron chi connectivity index (χ1n) is 14.4. The number of nitrogens with one attached hydrogen (secondary N) is 1. The van der Waals surface area contributed by atoms with Crippen molar-refractivity contribution in [1.82, 2.24) is 19.9 Å². The molecule has 1 atom stereocenters. The Balaban J connectivity index is 1.49. The second-order valence-corrected chi connectivity index (χ2v) is 10.3. The van der Waals surface area contributed by atoms with Gasteiger partial charge in [-0.3, -0.25) is 14.8 Å². The van der Waals surface area contributed by atoms with Crippen molar-refractivity contribution in [2.75, 3.05) is 13.1 Å². The third-order valence-electron chi connectivity index (χ3n) is 7.09. The standard InChI is InChI=1S/C34H36N8O2/c1-23(35)30(14-8-19-40-34(36)37)42-31-16-15-25(33(43)39-20-17-26-10-5-6-18-38-26)22-29(31)41-32(42)24-9-7-13-28(21-24)44-27-11-3-2-4-12-27/h2-7,9-13,15-16,18,21-22,30H,1,8,14,17,19-20,35H2,(H,39,43)(H4,36,37,40)/t30-/m1/s1. The number of carbonyl (C=O) groups excluding carboxylic acids is 1. The van der Waals surface area contributed by atoms with Gasteiger partial charge in [0.25, 0.3) is 5.91 Å². The molecule has 0 aliphatic carbocycles. The van der Waals surface area contributed by atoms with E-state index in [0.717, 1.165) is 22.5 Å². The average Bonchev–Trinajstić information content (AvgIpc) is 3.40. The van der Waals surface area contributed by atoms with Crippen LogP contribution in [0.5, 0.6) is 11.5 Å². The number of nitrogens with zero attached hydrogens (tertiary/aromatic N) is 4. The zero-order valence-corrected chi connectivity index (χ0v) is 24.4. The number of pyridine rings is 1. The summed E-state index contributed by atoms with van der Waals surface area (Å²) in [4.78, 5) is 26.5. The van der Waals surface area contributed by atoms with Crippen LogP contribution in [0.2, 0.25) is 0 Å². The van der Waals surface area contributed by atoms with Gasteiger partial charge in [0.1, 0.15) is 17.3 Å². The Labute approximate surface area is 256 Å². The Hall–Kier alpha value is -5.64. The molecule has 1 amide bonds. The molecule has 5 aromatic rings. The van der Waals surface area contributed by atoms with E-state index < -0.39 is 0 Å². The summed E-state index contributed by atoms with van der Waals surface area (Å²) < 4.78 is 8.18. The van der Waals surface area contributed by atoms with Gasteiger partial charge >= 0.3 is 0 Å². The maximum Gasteiger partial charge on any atom is 0.251 e. The molecule has 0 fully saturated rings. The molecular formula is C34H36N8O2. The predicted octanol–water partition coefficient (Wildman–Crippen LogP) is 4.93. The van der Waals surface area contributed by atoms with E-state index in [9.17, 15) is 4.79 Å². The summed E-state index contributed by atoms with van der Waals surface area (Å²) in [7, 11) is 0. The van der Waals surface area contributed by atoms with Crippen molar-refractivity contribution in [1.29, 1.82) is 0 Å². The summed E-state index contributed by atoms with van der Waals surface area (Å²) in [5, 5.41) is 2.98. The van der Waals surface area contributed by atoms with Crippen LogP contribution in [0.15, 0.2) is 114 Å². The van der Waals surface area contributed by atoms with Gasteiger partial charge in [-0.15, -0.1) is 0 Å². The highest BCUT2D eigenvalue weighted by Gasteiger charge is 2.23. The third-order valence-corrected chi connectivity index (χ3v) is 7.09. The maximum absolute atomic E-state index is 13.1. The van der Waals surface area contributed by atoms with Crippen molar-refractivity contribution in [3.05, 3.63) is 121 Å². The van der Waals surface area contributed by atoms with E-state index in [4.69, 9.17) is 26.9 Å². The van der Waals surface area contributed by atoms with Gasteiger partial charge in [-0.2, -0.15) is 0 Å². The van der Waals surface area contributed by atoms with Crippen molar-refractivity contribution in [2.24, 2.45) is 22.2 Å². The van der Waals surface area contributed by atoms with E-state index in [-0.39, 0.29) is 17.9 Å². The quantitative estimate of drug-likeness (QED) is 0.0862. The summed E-state index contributed by atoms with van der Waals surface area (Å²) in [6, 6.07) is 28.2. The number of allylic oxidation sites excluding steroid dienone is 1. The number of aromatic nitrogens is 3. The normalized spacial score (nSPS) is 11.5. The lowest BCUT2D eigenvalue weighted by Gasteiger charge is -2.22. The number of guanidine groups is 1. The summed E-state index contributed by atoms with van der Waals surface area (Å²) in [5.41, 5.74) is 21.7. The minimum atomic E-state index is -0.305. The zero-order valence-electron chi connectivity index (χ0n) is 24.4. The summed E-state index contributed by atoms with van der Waals surface area (Å²) >= 11 is 0. The molecule has 3 aromatic carbocycles. The second-order valence-electron chi connectivity index (χ2n) is 10.3. The molecule has 0 radical (unpaired) electrons. The van der Waals surface area contributed by atoms with E-state index in [0.29, 0.717) is 60.7 Å². The van der Waals surface area contributed by atoms with Gasteiger partial charge in [0.05, 0.1) is 17.1 Å². The van der Waals surface area contributed by atoms with Crippen LogP contribution in [0.3, 0.4) is 0 Å². The van der Waals surface area contributed by atoms with Crippen LogP contribution in [0, 0.1) is 0 Å². The number of aliphatic imine (C=N–C) groups is 1. The number of nitrogens with two attached hydrogens (primary N) is 3. The Kier molecular flexibility index (Phi) is 9.51. The molecular weight excluding hydrogens is 552 g/mol. The number of imidazole rings is 1. The van der Waals surface area contributed by atoms with E-state index in [2.05, 4.69) is 26.4 Å². The van der Waals surface area contributed by atoms with Crippen LogP contribution in [0.1, 0.15) is 34.9 Å². The first kappa shape index (κ1) is 29.8. The van der Waals surface area contributed by atoms with Crippen molar-refractivity contribution in [3.8, 4) is 22.9 Å². The molecule has 2 heterocycles. The first-order valence-corrected chi connectivity index (χ1v) is 14.4. The molecule has 0 bridgehead atoms. The predicted molar refractivity (Wildman–Crippen MR) is 174 cm³/mol. The molecule has 10 heteroatoms. The number of ether oxygens (including phenoxy) is 1. The van der Waals surface area contributed by atoms with Crippen molar-refractivity contribution < 1.29 is 9.53 Å². The topological polar surface area (TPSA) is 159 Å². The fraction of sp³-hybridized carbons (Fsp3) is 0.176. The number of rotatable bonds is 13. The van der Waals surface area contributed by atoms with Crippen LogP contribution in [0.4, 0.5) is 0 Å². The lowest BCUT2D eigenvalue weighted by Crippen LogP contribution is -2.25. The fourth-order valence-corrected chi connectivity index (χ4v) is 5.01. The van der Waals surface area contributed by atoms with Crippen molar-refractivity contribution in [3.63, 3.8) is 0 Å². The minimum absolute atomic E-state index is 0.0444. The number of para-hydroxylation sites is 1. The smallest absolute Gasteiger partial charge is 0.251 e. The Morgan fingerprint density at radius 2 is 1.75 bits per heavy atom. The van der Waals surface area contributed by atoms with Gasteiger partial charge in [-0.25, -0.2) is 4.98 Å². The lowest BCUT2D eigenvalue weighted by molar-refractivity contribution is 0.0954. The molecule has 10 nitrogen and oxygen atoms in total. The number of hydrogen-bond acceptors (Lipinski definition) is 6. The second kappa shape index (κ2) is 14.0. The van der Waals surface area contributed by atoms with Crippen LogP contribution in [-0.4, -0.2) is 39.5 Å². The van der Waals surface area contributed by atoms with E-state index in [1.165, 1.54) is 0 Å².